The van der Waals surface area contributed by atoms with Gasteiger partial charge in [0, 0.05) is 17.7 Å². The van der Waals surface area contributed by atoms with Gasteiger partial charge in [0.05, 0.1) is 0 Å². The lowest BCUT2D eigenvalue weighted by molar-refractivity contribution is -0.159. The maximum atomic E-state index is 5.47. The summed E-state index contributed by atoms with van der Waals surface area (Å²) in [5.74, 6) is 0.631. The van der Waals surface area contributed by atoms with Crippen LogP contribution >= 0.6 is 15.9 Å². The van der Waals surface area contributed by atoms with E-state index in [-0.39, 0.29) is 6.29 Å². The van der Waals surface area contributed by atoms with Gasteiger partial charge in [-0.1, -0.05) is 29.1 Å². The molecule has 16 heavy (non-hydrogen) atoms. The van der Waals surface area contributed by atoms with Gasteiger partial charge in [-0.15, -0.1) is 0 Å². The SMILES string of the molecule is C=C/C(=C\C(=C)Br)OCC(OCC)OCC. The lowest BCUT2D eigenvalue weighted by Gasteiger charge is -2.17. The Balaban J connectivity index is 4.15. The third-order valence-corrected chi connectivity index (χ3v) is 1.82. The van der Waals surface area contributed by atoms with Crippen molar-refractivity contribution in [2.75, 3.05) is 19.8 Å². The third kappa shape index (κ3) is 7.68. The molecule has 0 saturated heterocycles. The predicted molar refractivity (Wildman–Crippen MR) is 69.3 cm³/mol. The highest BCUT2D eigenvalue weighted by Crippen LogP contribution is 2.10. The second-order valence-corrected chi connectivity index (χ2v) is 3.87. The Morgan fingerprint density at radius 2 is 1.88 bits per heavy atom. The number of ether oxygens (including phenoxy) is 3. The first-order chi connectivity index (χ1) is 7.63. The van der Waals surface area contributed by atoms with Crippen molar-refractivity contribution in [2.24, 2.45) is 0 Å². The number of hydrogen-bond donors (Lipinski definition) is 0. The Bertz CT molecular complexity index is 243. The molecule has 3 nitrogen and oxygen atoms in total. The molecule has 0 rings (SSSR count). The molecule has 0 aliphatic carbocycles. The minimum Gasteiger partial charge on any atom is -0.488 e. The van der Waals surface area contributed by atoms with Crippen LogP contribution in [0.3, 0.4) is 0 Å². The van der Waals surface area contributed by atoms with Crippen molar-refractivity contribution in [1.29, 1.82) is 0 Å². The molecule has 0 atom stereocenters. The van der Waals surface area contributed by atoms with E-state index in [9.17, 15) is 0 Å². The summed E-state index contributed by atoms with van der Waals surface area (Å²) < 4.78 is 16.9. The van der Waals surface area contributed by atoms with Crippen LogP contribution < -0.4 is 0 Å². The van der Waals surface area contributed by atoms with E-state index < -0.39 is 0 Å². The van der Waals surface area contributed by atoms with Crippen molar-refractivity contribution in [2.45, 2.75) is 20.1 Å². The molecule has 0 radical (unpaired) electrons. The Kier molecular flexibility index (Phi) is 9.28. The summed E-state index contributed by atoms with van der Waals surface area (Å²) in [6, 6.07) is 0. The molecule has 0 aromatic carbocycles. The van der Waals surface area contributed by atoms with Crippen molar-refractivity contribution in [3.63, 3.8) is 0 Å². The maximum absolute atomic E-state index is 5.47. The zero-order valence-electron chi connectivity index (χ0n) is 9.87. The van der Waals surface area contributed by atoms with Crippen LogP contribution in [0.2, 0.25) is 0 Å². The Labute approximate surface area is 106 Å². The number of allylic oxidation sites excluding steroid dienone is 3. The molecule has 0 fully saturated rings. The summed E-state index contributed by atoms with van der Waals surface area (Å²) in [4.78, 5) is 0. The largest absolute Gasteiger partial charge is 0.488 e. The molecule has 4 heteroatoms. The Hall–Kier alpha value is -0.580. The smallest absolute Gasteiger partial charge is 0.191 e. The molecule has 0 bridgehead atoms. The van der Waals surface area contributed by atoms with E-state index in [0.717, 1.165) is 4.48 Å². The average molecular weight is 291 g/mol. The van der Waals surface area contributed by atoms with Gasteiger partial charge in [-0.25, -0.2) is 0 Å². The van der Waals surface area contributed by atoms with E-state index in [4.69, 9.17) is 14.2 Å². The highest BCUT2D eigenvalue weighted by molar-refractivity contribution is 9.11. The van der Waals surface area contributed by atoms with Crippen LogP contribution in [0.25, 0.3) is 0 Å². The van der Waals surface area contributed by atoms with Crippen LogP contribution in [0.1, 0.15) is 13.8 Å². The normalized spacial score (nSPS) is 11.6. The fourth-order valence-electron chi connectivity index (χ4n) is 0.994. The third-order valence-electron chi connectivity index (χ3n) is 1.59. The minimum absolute atomic E-state index is 0.333. The van der Waals surface area contributed by atoms with Gasteiger partial charge in [0.15, 0.2) is 6.29 Å². The van der Waals surface area contributed by atoms with Gasteiger partial charge in [0.25, 0.3) is 0 Å². The van der Waals surface area contributed by atoms with E-state index in [1.807, 2.05) is 13.8 Å². The van der Waals surface area contributed by atoms with Crippen molar-refractivity contribution < 1.29 is 14.2 Å². The van der Waals surface area contributed by atoms with Crippen LogP contribution in [0.4, 0.5) is 0 Å². The quantitative estimate of drug-likeness (QED) is 0.370. The van der Waals surface area contributed by atoms with E-state index in [1.54, 1.807) is 12.2 Å². The highest BCUT2D eigenvalue weighted by atomic mass is 79.9. The summed E-state index contributed by atoms with van der Waals surface area (Å²) >= 11 is 3.22. The molecule has 0 amide bonds. The van der Waals surface area contributed by atoms with Crippen LogP contribution in [0.5, 0.6) is 0 Å². The lowest BCUT2D eigenvalue weighted by Crippen LogP contribution is -2.23. The second kappa shape index (κ2) is 9.63. The molecule has 0 heterocycles. The standard InChI is InChI=1S/C12H19BrO3/c1-5-11(8-10(4)13)16-9-12(14-6-2)15-7-3/h5,8,12H,1,4,6-7,9H2,2-3H3/b11-8+. The minimum atomic E-state index is -0.345. The van der Waals surface area contributed by atoms with Crippen molar-refractivity contribution in [3.05, 3.63) is 35.6 Å². The molecular weight excluding hydrogens is 272 g/mol. The van der Waals surface area contributed by atoms with Crippen molar-refractivity contribution in [3.8, 4) is 0 Å². The van der Waals surface area contributed by atoms with Crippen LogP contribution in [-0.4, -0.2) is 26.1 Å². The molecule has 0 aliphatic heterocycles. The molecule has 92 valence electrons. The van der Waals surface area contributed by atoms with Gasteiger partial charge in [-0.3, -0.25) is 0 Å². The zero-order valence-corrected chi connectivity index (χ0v) is 11.5. The van der Waals surface area contributed by atoms with Gasteiger partial charge >= 0.3 is 0 Å². The molecule has 0 aromatic heterocycles. The van der Waals surface area contributed by atoms with Gasteiger partial charge in [0.1, 0.15) is 12.4 Å². The second-order valence-electron chi connectivity index (χ2n) is 2.85. The topological polar surface area (TPSA) is 27.7 Å². The molecule has 0 N–H and O–H groups in total. The first-order valence-corrected chi connectivity index (χ1v) is 5.97. The van der Waals surface area contributed by atoms with Crippen LogP contribution in [-0.2, 0) is 14.2 Å². The van der Waals surface area contributed by atoms with Gasteiger partial charge in [-0.05, 0) is 26.0 Å². The summed E-state index contributed by atoms with van der Waals surface area (Å²) in [6.07, 6.45) is 3.01. The number of halogens is 1. The summed E-state index contributed by atoms with van der Waals surface area (Å²) in [5, 5.41) is 0. The Morgan fingerprint density at radius 3 is 2.25 bits per heavy atom. The monoisotopic (exact) mass is 290 g/mol. The molecule has 0 unspecified atom stereocenters. The maximum Gasteiger partial charge on any atom is 0.191 e. The number of rotatable bonds is 9. The summed E-state index contributed by atoms with van der Waals surface area (Å²) in [7, 11) is 0. The van der Waals surface area contributed by atoms with Crippen LogP contribution in [0.15, 0.2) is 35.6 Å². The first kappa shape index (κ1) is 15.4. The first-order valence-electron chi connectivity index (χ1n) is 5.18. The van der Waals surface area contributed by atoms with Gasteiger partial charge in [-0.2, -0.15) is 0 Å². The van der Waals surface area contributed by atoms with E-state index >= 15 is 0 Å². The molecule has 0 aliphatic rings. The molecule has 0 aromatic rings. The predicted octanol–water partition coefficient (Wildman–Crippen LogP) is 3.38. The van der Waals surface area contributed by atoms with E-state index in [2.05, 4.69) is 29.1 Å². The molecule has 0 spiro atoms. The molecular formula is C12H19BrO3. The van der Waals surface area contributed by atoms with Gasteiger partial charge < -0.3 is 14.2 Å². The zero-order chi connectivity index (χ0) is 12.4. The molecule has 0 saturated carbocycles. The highest BCUT2D eigenvalue weighted by Gasteiger charge is 2.08. The Morgan fingerprint density at radius 1 is 1.31 bits per heavy atom. The van der Waals surface area contributed by atoms with E-state index in [0.29, 0.717) is 25.6 Å². The average Bonchev–Trinajstić information content (AvgIpc) is 2.24. The number of hydrogen-bond acceptors (Lipinski definition) is 3. The fraction of sp³-hybridized carbons (Fsp3) is 0.500. The van der Waals surface area contributed by atoms with Crippen molar-refractivity contribution in [1.82, 2.24) is 0 Å². The fourth-order valence-corrected chi connectivity index (χ4v) is 1.22. The van der Waals surface area contributed by atoms with Gasteiger partial charge in [0.2, 0.25) is 0 Å². The van der Waals surface area contributed by atoms with Crippen molar-refractivity contribution >= 4 is 15.9 Å². The van der Waals surface area contributed by atoms with E-state index in [1.165, 1.54) is 0 Å². The lowest BCUT2D eigenvalue weighted by atomic mass is 10.4. The summed E-state index contributed by atoms with van der Waals surface area (Å²) in [5.41, 5.74) is 0. The van der Waals surface area contributed by atoms with Crippen LogP contribution in [0, 0.1) is 0 Å². The summed E-state index contributed by atoms with van der Waals surface area (Å²) in [6.45, 7) is 12.7.